The molecule has 2 aliphatic heterocycles. The number of benzene rings is 1. The van der Waals surface area contributed by atoms with Crippen molar-refractivity contribution in [1.82, 2.24) is 9.21 Å². The molecule has 0 spiro atoms. The van der Waals surface area contributed by atoms with E-state index < -0.39 is 16.1 Å². The van der Waals surface area contributed by atoms with Gasteiger partial charge in [-0.3, -0.25) is 4.79 Å². The minimum absolute atomic E-state index is 0.0765. The Bertz CT molecular complexity index is 787. The summed E-state index contributed by atoms with van der Waals surface area (Å²) in [6.07, 6.45) is 5.57. The standard InChI is InChI=1S/C19H26N2O4S/c22-19(20-10-12-25-13-11-20)18-6-3-9-21(18)26(23,24)17-8-7-15-4-1-2-5-16(15)14-17/h7-8,14,18H,1-6,9-13H2/t18-/m0/s1. The summed E-state index contributed by atoms with van der Waals surface area (Å²) in [5.41, 5.74) is 2.41. The molecule has 1 atom stereocenters. The Morgan fingerprint density at radius 1 is 1.00 bits per heavy atom. The van der Waals surface area contributed by atoms with E-state index in [1.54, 1.807) is 11.0 Å². The predicted octanol–water partition coefficient (Wildman–Crippen LogP) is 1.58. The van der Waals surface area contributed by atoms with Crippen molar-refractivity contribution in [2.45, 2.75) is 49.5 Å². The van der Waals surface area contributed by atoms with Gasteiger partial charge in [-0.05, 0) is 61.8 Å². The maximum absolute atomic E-state index is 13.2. The summed E-state index contributed by atoms with van der Waals surface area (Å²) in [4.78, 5) is 15.0. The molecule has 2 fully saturated rings. The van der Waals surface area contributed by atoms with Crippen LogP contribution < -0.4 is 0 Å². The largest absolute Gasteiger partial charge is 0.378 e. The monoisotopic (exact) mass is 378 g/mol. The zero-order chi connectivity index (χ0) is 18.1. The molecule has 0 aromatic heterocycles. The van der Waals surface area contributed by atoms with Gasteiger partial charge in [-0.1, -0.05) is 6.07 Å². The van der Waals surface area contributed by atoms with Gasteiger partial charge in [0, 0.05) is 19.6 Å². The molecular formula is C19H26N2O4S. The first-order valence-electron chi connectivity index (χ1n) is 9.57. The molecule has 26 heavy (non-hydrogen) atoms. The third kappa shape index (κ3) is 3.28. The van der Waals surface area contributed by atoms with Crippen LogP contribution in [0.2, 0.25) is 0 Å². The van der Waals surface area contributed by atoms with Crippen LogP contribution in [0.15, 0.2) is 23.1 Å². The van der Waals surface area contributed by atoms with Crippen molar-refractivity contribution in [2.24, 2.45) is 0 Å². The lowest BCUT2D eigenvalue weighted by Gasteiger charge is -2.32. The van der Waals surface area contributed by atoms with Crippen LogP contribution in [-0.2, 0) is 32.4 Å². The first-order valence-corrected chi connectivity index (χ1v) is 11.0. The molecular weight excluding hydrogens is 352 g/mol. The number of sulfonamides is 1. The van der Waals surface area contributed by atoms with E-state index in [0.717, 1.165) is 31.2 Å². The number of carbonyl (C=O) groups excluding carboxylic acids is 1. The summed E-state index contributed by atoms with van der Waals surface area (Å²) >= 11 is 0. The second-order valence-corrected chi connectivity index (χ2v) is 9.24. The maximum Gasteiger partial charge on any atom is 0.243 e. The highest BCUT2D eigenvalue weighted by atomic mass is 32.2. The lowest BCUT2D eigenvalue weighted by atomic mass is 9.92. The Morgan fingerprint density at radius 3 is 2.50 bits per heavy atom. The number of morpholine rings is 1. The number of amides is 1. The van der Waals surface area contributed by atoms with E-state index in [-0.39, 0.29) is 5.91 Å². The summed E-state index contributed by atoms with van der Waals surface area (Å²) in [6, 6.07) is 4.93. The van der Waals surface area contributed by atoms with Crippen LogP contribution in [0, 0.1) is 0 Å². The topological polar surface area (TPSA) is 66.9 Å². The number of nitrogens with zero attached hydrogens (tertiary/aromatic N) is 2. The molecule has 142 valence electrons. The van der Waals surface area contributed by atoms with E-state index in [4.69, 9.17) is 4.74 Å². The van der Waals surface area contributed by atoms with Crippen molar-refractivity contribution >= 4 is 15.9 Å². The van der Waals surface area contributed by atoms with E-state index in [0.29, 0.717) is 44.2 Å². The molecule has 3 aliphatic rings. The van der Waals surface area contributed by atoms with Gasteiger partial charge in [-0.25, -0.2) is 8.42 Å². The number of carbonyl (C=O) groups is 1. The van der Waals surface area contributed by atoms with E-state index in [1.807, 2.05) is 12.1 Å². The molecule has 0 bridgehead atoms. The summed E-state index contributed by atoms with van der Waals surface area (Å²) in [6.45, 7) is 2.55. The molecule has 0 N–H and O–H groups in total. The maximum atomic E-state index is 13.2. The van der Waals surface area contributed by atoms with Crippen LogP contribution in [0.3, 0.4) is 0 Å². The van der Waals surface area contributed by atoms with Gasteiger partial charge in [-0.15, -0.1) is 0 Å². The number of ether oxygens (including phenoxy) is 1. The Labute approximate surface area is 155 Å². The molecule has 0 unspecified atom stereocenters. The van der Waals surface area contributed by atoms with Crippen molar-refractivity contribution in [1.29, 1.82) is 0 Å². The van der Waals surface area contributed by atoms with Crippen molar-refractivity contribution in [2.75, 3.05) is 32.8 Å². The Hall–Kier alpha value is -1.44. The molecule has 1 aromatic carbocycles. The van der Waals surface area contributed by atoms with E-state index in [2.05, 4.69) is 0 Å². The van der Waals surface area contributed by atoms with Gasteiger partial charge in [0.05, 0.1) is 18.1 Å². The molecule has 1 aromatic rings. The van der Waals surface area contributed by atoms with Crippen LogP contribution in [0.1, 0.15) is 36.8 Å². The number of fused-ring (bicyclic) bond motifs is 1. The van der Waals surface area contributed by atoms with Crippen LogP contribution in [0.4, 0.5) is 0 Å². The van der Waals surface area contributed by atoms with Gasteiger partial charge in [-0.2, -0.15) is 4.31 Å². The average Bonchev–Trinajstić information content (AvgIpc) is 3.18. The normalized spacial score (nSPS) is 24.5. The van der Waals surface area contributed by atoms with E-state index >= 15 is 0 Å². The fourth-order valence-corrected chi connectivity index (χ4v) is 5.98. The Morgan fingerprint density at radius 2 is 1.73 bits per heavy atom. The molecule has 2 heterocycles. The fraction of sp³-hybridized carbons (Fsp3) is 0.632. The van der Waals surface area contributed by atoms with Gasteiger partial charge in [0.15, 0.2) is 0 Å². The highest BCUT2D eigenvalue weighted by Gasteiger charge is 2.41. The second-order valence-electron chi connectivity index (χ2n) is 7.35. The SMILES string of the molecule is O=C([C@@H]1CCCN1S(=O)(=O)c1ccc2c(c1)CCCC2)N1CCOCC1. The minimum Gasteiger partial charge on any atom is -0.378 e. The molecule has 7 heteroatoms. The smallest absolute Gasteiger partial charge is 0.243 e. The van der Waals surface area contributed by atoms with Crippen LogP contribution in [0.25, 0.3) is 0 Å². The summed E-state index contributed by atoms with van der Waals surface area (Å²) in [7, 11) is -3.65. The first-order chi connectivity index (χ1) is 12.6. The summed E-state index contributed by atoms with van der Waals surface area (Å²) in [5, 5.41) is 0. The van der Waals surface area contributed by atoms with Gasteiger partial charge >= 0.3 is 0 Å². The number of hydrogen-bond donors (Lipinski definition) is 0. The highest BCUT2D eigenvalue weighted by Crippen LogP contribution is 2.30. The van der Waals surface area contributed by atoms with Crippen molar-refractivity contribution in [3.63, 3.8) is 0 Å². The lowest BCUT2D eigenvalue weighted by Crippen LogP contribution is -2.50. The minimum atomic E-state index is -3.65. The molecule has 4 rings (SSSR count). The number of hydrogen-bond acceptors (Lipinski definition) is 4. The molecule has 1 aliphatic carbocycles. The summed E-state index contributed by atoms with van der Waals surface area (Å²) in [5.74, 6) is -0.0765. The third-order valence-electron chi connectivity index (χ3n) is 5.74. The first kappa shape index (κ1) is 17.9. The average molecular weight is 378 g/mol. The van der Waals surface area contributed by atoms with Crippen molar-refractivity contribution in [3.8, 4) is 0 Å². The van der Waals surface area contributed by atoms with Crippen molar-refractivity contribution < 1.29 is 17.9 Å². The summed E-state index contributed by atoms with van der Waals surface area (Å²) < 4.78 is 33.2. The van der Waals surface area contributed by atoms with Crippen LogP contribution in [-0.4, -0.2) is 62.4 Å². The Balaban J connectivity index is 1.59. The number of rotatable bonds is 3. The van der Waals surface area contributed by atoms with Crippen LogP contribution >= 0.6 is 0 Å². The molecule has 1 amide bonds. The van der Waals surface area contributed by atoms with Gasteiger partial charge in [0.25, 0.3) is 0 Å². The highest BCUT2D eigenvalue weighted by molar-refractivity contribution is 7.89. The predicted molar refractivity (Wildman–Crippen MR) is 97.4 cm³/mol. The lowest BCUT2D eigenvalue weighted by molar-refractivity contribution is -0.138. The van der Waals surface area contributed by atoms with E-state index in [1.165, 1.54) is 16.3 Å². The molecule has 2 saturated heterocycles. The molecule has 6 nitrogen and oxygen atoms in total. The van der Waals surface area contributed by atoms with Crippen molar-refractivity contribution in [3.05, 3.63) is 29.3 Å². The van der Waals surface area contributed by atoms with Gasteiger partial charge < -0.3 is 9.64 Å². The second kappa shape index (κ2) is 7.29. The quantitative estimate of drug-likeness (QED) is 0.801. The zero-order valence-corrected chi connectivity index (χ0v) is 15.8. The number of aryl methyl sites for hydroxylation is 2. The fourth-order valence-electron chi connectivity index (χ4n) is 4.27. The molecule has 0 saturated carbocycles. The zero-order valence-electron chi connectivity index (χ0n) is 15.0. The Kier molecular flexibility index (Phi) is 5.03. The van der Waals surface area contributed by atoms with Gasteiger partial charge in [0.2, 0.25) is 15.9 Å². The third-order valence-corrected chi connectivity index (χ3v) is 7.64. The van der Waals surface area contributed by atoms with E-state index in [9.17, 15) is 13.2 Å². The van der Waals surface area contributed by atoms with Crippen LogP contribution in [0.5, 0.6) is 0 Å². The molecule has 0 radical (unpaired) electrons. The van der Waals surface area contributed by atoms with Gasteiger partial charge in [0.1, 0.15) is 6.04 Å².